The zero-order valence-electron chi connectivity index (χ0n) is 33.2. The van der Waals surface area contributed by atoms with Crippen LogP contribution >= 0.6 is 0 Å². The first-order valence-corrected chi connectivity index (χ1v) is 20.9. The van der Waals surface area contributed by atoms with Crippen molar-refractivity contribution in [3.63, 3.8) is 0 Å². The number of benzene rings is 4. The third-order valence-corrected chi connectivity index (χ3v) is 13.4. The van der Waals surface area contributed by atoms with Crippen molar-refractivity contribution in [3.8, 4) is 11.1 Å². The van der Waals surface area contributed by atoms with Crippen molar-refractivity contribution >= 4 is 40.0 Å². The monoisotopic (exact) mass is 828 g/mol. The summed E-state index contributed by atoms with van der Waals surface area (Å²) in [6.45, 7) is 3.84. The lowest BCUT2D eigenvalue weighted by Gasteiger charge is -2.39. The van der Waals surface area contributed by atoms with Crippen molar-refractivity contribution < 1.29 is 41.8 Å². The van der Waals surface area contributed by atoms with E-state index in [-0.39, 0.29) is 18.7 Å². The van der Waals surface area contributed by atoms with E-state index in [1.165, 1.54) is 19.2 Å². The molecule has 3 amide bonds. The normalized spacial score (nSPS) is 19.8. The molecule has 0 unspecified atom stereocenters. The molecule has 2 N–H and O–H groups in total. The molecular formula is C46H44N4O9S. The van der Waals surface area contributed by atoms with Gasteiger partial charge in [-0.1, -0.05) is 121 Å². The Morgan fingerprint density at radius 2 is 1.33 bits per heavy atom. The minimum atomic E-state index is -4.45. The number of fused-ring (bicyclic) bond motifs is 1. The Morgan fingerprint density at radius 1 is 0.783 bits per heavy atom. The Hall–Kier alpha value is -6.80. The molecule has 2 fully saturated rings. The summed E-state index contributed by atoms with van der Waals surface area (Å²) < 4.78 is 44.1. The summed E-state index contributed by atoms with van der Waals surface area (Å²) in [4.78, 5) is 59.1. The van der Waals surface area contributed by atoms with E-state index in [9.17, 15) is 27.6 Å². The number of nitrogens with one attached hydrogen (secondary N) is 2. The molecule has 308 valence electrons. The van der Waals surface area contributed by atoms with Gasteiger partial charge in [0, 0.05) is 19.3 Å². The number of sulfone groups is 1. The van der Waals surface area contributed by atoms with E-state index in [0.717, 1.165) is 21.6 Å². The fourth-order valence-electron chi connectivity index (χ4n) is 7.37. The third kappa shape index (κ3) is 8.36. The highest BCUT2D eigenvalue weighted by molar-refractivity contribution is 7.94. The maximum absolute atomic E-state index is 14.5. The lowest BCUT2D eigenvalue weighted by atomic mass is 9.94. The molecule has 60 heavy (non-hydrogen) atoms. The number of carbonyl (C=O) groups is 4. The molecule has 5 aromatic rings. The molecular weight excluding hydrogens is 785 g/mol. The minimum Gasteiger partial charge on any atom is -0.451 e. The molecule has 4 aromatic carbocycles. The van der Waals surface area contributed by atoms with E-state index in [2.05, 4.69) is 15.6 Å². The molecule has 0 spiro atoms. The number of hydrogen-bond acceptors (Lipinski definition) is 10. The average molecular weight is 829 g/mol. The molecule has 2 aliphatic heterocycles. The number of alkyl carbamates (subject to hydrolysis) is 2. The highest BCUT2D eigenvalue weighted by atomic mass is 32.2. The average Bonchev–Trinajstić information content (AvgIpc) is 3.43. The first kappa shape index (κ1) is 41.4. The molecule has 3 heterocycles. The smallest absolute Gasteiger partial charge is 0.408 e. The maximum atomic E-state index is 14.5. The van der Waals surface area contributed by atoms with Crippen LogP contribution in [0.5, 0.6) is 0 Å². The number of carbonyl (C=O) groups excluding carboxylic acids is 4. The largest absolute Gasteiger partial charge is 0.451 e. The van der Waals surface area contributed by atoms with Gasteiger partial charge in [-0.15, -0.1) is 0 Å². The van der Waals surface area contributed by atoms with Crippen LogP contribution in [-0.2, 0) is 39.2 Å². The van der Waals surface area contributed by atoms with E-state index in [1.54, 1.807) is 80.6 Å². The predicted octanol–water partition coefficient (Wildman–Crippen LogP) is 6.58. The number of rotatable bonds is 13. The summed E-state index contributed by atoms with van der Waals surface area (Å²) >= 11 is 0. The van der Waals surface area contributed by atoms with Gasteiger partial charge in [0.05, 0.1) is 11.3 Å². The van der Waals surface area contributed by atoms with Crippen LogP contribution < -0.4 is 10.6 Å². The molecule has 0 radical (unpaired) electrons. The van der Waals surface area contributed by atoms with Crippen LogP contribution in [-0.4, -0.2) is 78.2 Å². The summed E-state index contributed by atoms with van der Waals surface area (Å²) in [5, 5.41) is 3.56. The van der Waals surface area contributed by atoms with Crippen molar-refractivity contribution in [3.05, 3.63) is 168 Å². The van der Waals surface area contributed by atoms with Crippen molar-refractivity contribution in [2.45, 2.75) is 48.6 Å². The van der Waals surface area contributed by atoms with E-state index in [1.807, 2.05) is 66.7 Å². The molecule has 0 aliphatic carbocycles. The van der Waals surface area contributed by atoms with Gasteiger partial charge in [-0.25, -0.2) is 22.8 Å². The predicted molar refractivity (Wildman–Crippen MR) is 224 cm³/mol. The minimum absolute atomic E-state index is 0.0478. The number of ether oxygens (including phenoxy) is 3. The zero-order valence-corrected chi connectivity index (χ0v) is 34.0. The number of hydrogen-bond donors (Lipinski definition) is 2. The molecule has 0 saturated carbocycles. The van der Waals surface area contributed by atoms with E-state index < -0.39 is 68.4 Å². The van der Waals surface area contributed by atoms with Gasteiger partial charge in [0.1, 0.15) is 17.0 Å². The Kier molecular flexibility index (Phi) is 11.9. The van der Waals surface area contributed by atoms with Crippen LogP contribution in [0, 0.1) is 0 Å². The number of esters is 1. The summed E-state index contributed by atoms with van der Waals surface area (Å²) in [5.74, 6) is -1.68. The van der Waals surface area contributed by atoms with Gasteiger partial charge in [0.25, 0.3) is 5.91 Å². The summed E-state index contributed by atoms with van der Waals surface area (Å²) in [6.07, 6.45) is 0.205. The SMILES string of the molecule is CC(C)(OC(=O)NCCNC(=O)OC[C@@]1(C)[C@H](C(=O)OC(c2ccccc2)c2ccccc2)N2C(=O)/C(=C/c3ccccn3)[C@H]2S1(=O)=O)c1ccc(-c2ccccc2)cc1. The van der Waals surface area contributed by atoms with Crippen molar-refractivity contribution in [1.82, 2.24) is 20.5 Å². The second-order valence-corrected chi connectivity index (χ2v) is 17.6. The zero-order chi connectivity index (χ0) is 42.5. The standard InChI is InChI=1S/C46H44N4O9S/c1-45(2,35-24-22-32(23-25-35)31-15-7-4-8-16-31)59-44(54)49-28-27-48-43(53)57-30-46(3)39(42(52)58-38(33-17-9-5-10-18-33)34-19-11-6-12-20-34)50-40(51)37(41(50)60(46,55)56)29-36-21-13-14-26-47-36/h4-26,29,38-39,41H,27-28,30H2,1-3H3,(H,48,53)(H,49,54)/b37-29-/t39-,41+,46-/m0/s1. The van der Waals surface area contributed by atoms with Crippen LogP contribution in [0.25, 0.3) is 17.2 Å². The Morgan fingerprint density at radius 3 is 1.92 bits per heavy atom. The molecule has 2 aliphatic rings. The fourth-order valence-corrected chi connectivity index (χ4v) is 9.65. The highest BCUT2D eigenvalue weighted by Gasteiger charge is 2.73. The highest BCUT2D eigenvalue weighted by Crippen LogP contribution is 2.50. The van der Waals surface area contributed by atoms with Crippen LogP contribution in [0.4, 0.5) is 9.59 Å². The number of amides is 3. The molecule has 2 saturated heterocycles. The quantitative estimate of drug-likeness (QED) is 0.0435. The van der Waals surface area contributed by atoms with Crippen LogP contribution in [0.1, 0.15) is 49.3 Å². The Labute approximate surface area is 348 Å². The van der Waals surface area contributed by atoms with Crippen LogP contribution in [0.15, 0.2) is 145 Å². The number of pyridine rings is 1. The maximum Gasteiger partial charge on any atom is 0.408 e. The fraction of sp³-hybridized carbons (Fsp3) is 0.239. The number of nitrogens with zero attached hydrogens (tertiary/aromatic N) is 2. The van der Waals surface area contributed by atoms with Gasteiger partial charge >= 0.3 is 18.2 Å². The lowest BCUT2D eigenvalue weighted by Crippen LogP contribution is -2.60. The third-order valence-electron chi connectivity index (χ3n) is 10.6. The van der Waals surface area contributed by atoms with E-state index in [0.29, 0.717) is 16.8 Å². The van der Waals surface area contributed by atoms with Gasteiger partial charge in [0.15, 0.2) is 27.4 Å². The van der Waals surface area contributed by atoms with Gasteiger partial charge < -0.3 is 29.7 Å². The second-order valence-electron chi connectivity index (χ2n) is 15.1. The van der Waals surface area contributed by atoms with Crippen molar-refractivity contribution in [1.29, 1.82) is 0 Å². The van der Waals surface area contributed by atoms with Gasteiger partial charge in [-0.3, -0.25) is 9.78 Å². The van der Waals surface area contributed by atoms with Crippen molar-refractivity contribution in [2.75, 3.05) is 19.7 Å². The first-order valence-electron chi connectivity index (χ1n) is 19.3. The summed E-state index contributed by atoms with van der Waals surface area (Å²) in [6, 6.07) is 38.7. The Balaban J connectivity index is 1.02. The van der Waals surface area contributed by atoms with Crippen LogP contribution in [0.2, 0.25) is 0 Å². The molecule has 0 bridgehead atoms. The van der Waals surface area contributed by atoms with Gasteiger partial charge in [-0.2, -0.15) is 0 Å². The molecule has 14 heteroatoms. The molecule has 1 aromatic heterocycles. The second kappa shape index (κ2) is 17.2. The molecule has 13 nitrogen and oxygen atoms in total. The van der Waals surface area contributed by atoms with Crippen LogP contribution in [0.3, 0.4) is 0 Å². The molecule has 7 rings (SSSR count). The Bertz CT molecular complexity index is 2450. The number of β-lactam (4-membered cyclic amide) rings is 1. The summed E-state index contributed by atoms with van der Waals surface area (Å²) in [7, 11) is -4.45. The van der Waals surface area contributed by atoms with Crippen molar-refractivity contribution in [2.24, 2.45) is 0 Å². The van der Waals surface area contributed by atoms with E-state index >= 15 is 0 Å². The lowest BCUT2D eigenvalue weighted by molar-refractivity contribution is -0.161. The van der Waals surface area contributed by atoms with Gasteiger partial charge in [0.2, 0.25) is 0 Å². The van der Waals surface area contributed by atoms with E-state index in [4.69, 9.17) is 14.2 Å². The summed E-state index contributed by atoms with van der Waals surface area (Å²) in [5.41, 5.74) is 3.40. The number of aromatic nitrogens is 1. The first-order chi connectivity index (χ1) is 28.8. The van der Waals surface area contributed by atoms with Gasteiger partial charge in [-0.05, 0) is 66.8 Å². The topological polar surface area (TPSA) is 170 Å². The molecule has 3 atom stereocenters.